The third kappa shape index (κ3) is 3.90. The van der Waals surface area contributed by atoms with Crippen molar-refractivity contribution in [2.75, 3.05) is 4.90 Å². The van der Waals surface area contributed by atoms with Gasteiger partial charge in [-0.25, -0.2) is 0 Å². The molecule has 0 N–H and O–H groups in total. The van der Waals surface area contributed by atoms with Gasteiger partial charge in [-0.2, -0.15) is 0 Å². The lowest BCUT2D eigenvalue weighted by atomic mass is 9.67. The van der Waals surface area contributed by atoms with Gasteiger partial charge in [-0.15, -0.1) is 11.8 Å². The minimum atomic E-state index is -0.382. The summed E-state index contributed by atoms with van der Waals surface area (Å²) >= 11 is 2.00. The van der Waals surface area contributed by atoms with Crippen molar-refractivity contribution in [1.82, 2.24) is 0 Å². The van der Waals surface area contributed by atoms with E-state index in [9.17, 15) is 0 Å². The highest BCUT2D eigenvalue weighted by Crippen LogP contribution is 2.59. The number of para-hydroxylation sites is 2. The number of thioether (sulfide) groups is 1. The number of nitrogens with zero attached hydrogens (tertiary/aromatic N) is 1. The van der Waals surface area contributed by atoms with Crippen LogP contribution in [0.2, 0.25) is 0 Å². The van der Waals surface area contributed by atoms with Crippen LogP contribution in [0.1, 0.15) is 34.7 Å². The van der Waals surface area contributed by atoms with Crippen LogP contribution in [0, 0.1) is 0 Å². The van der Waals surface area contributed by atoms with Crippen molar-refractivity contribution in [2.24, 2.45) is 0 Å². The molecule has 2 atom stereocenters. The molecule has 6 aromatic rings. The monoisotopic (exact) mass is 607 g/mol. The average Bonchev–Trinajstić information content (AvgIpc) is 3.59. The molecule has 3 aliphatic rings. The van der Waals surface area contributed by atoms with E-state index in [4.69, 9.17) is 0 Å². The highest BCUT2D eigenvalue weighted by molar-refractivity contribution is 8.00. The molecule has 1 heterocycles. The molecule has 9 rings (SSSR count). The van der Waals surface area contributed by atoms with E-state index in [1.165, 1.54) is 49.5 Å². The van der Waals surface area contributed by atoms with Gasteiger partial charge in [0.05, 0.1) is 5.41 Å². The largest absolute Gasteiger partial charge is 0.311 e. The number of allylic oxidation sites excluding steroid dienone is 2. The van der Waals surface area contributed by atoms with Crippen LogP contribution in [0.15, 0.2) is 187 Å². The molecule has 0 bridgehead atoms. The maximum absolute atomic E-state index is 2.50. The lowest BCUT2D eigenvalue weighted by molar-refractivity contribution is 0.612. The third-order valence-electron chi connectivity index (χ3n) is 10.2. The molecule has 0 saturated heterocycles. The van der Waals surface area contributed by atoms with Crippen LogP contribution in [-0.4, -0.2) is 5.25 Å². The lowest BCUT2D eigenvalue weighted by Crippen LogP contribution is -2.32. The molecule has 1 aliphatic heterocycles. The van der Waals surface area contributed by atoms with E-state index < -0.39 is 0 Å². The van der Waals surface area contributed by atoms with Gasteiger partial charge < -0.3 is 4.90 Å². The van der Waals surface area contributed by atoms with E-state index in [1.54, 1.807) is 0 Å². The van der Waals surface area contributed by atoms with E-state index in [-0.39, 0.29) is 10.8 Å². The fourth-order valence-corrected chi connectivity index (χ4v) is 9.58. The molecule has 0 amide bonds. The summed E-state index contributed by atoms with van der Waals surface area (Å²) in [5.74, 6) is 0. The predicted molar refractivity (Wildman–Crippen MR) is 193 cm³/mol. The van der Waals surface area contributed by atoms with Gasteiger partial charge in [-0.05, 0) is 81.4 Å². The van der Waals surface area contributed by atoms with Gasteiger partial charge in [-0.3, -0.25) is 0 Å². The van der Waals surface area contributed by atoms with Crippen molar-refractivity contribution in [2.45, 2.75) is 27.9 Å². The molecule has 0 fully saturated rings. The predicted octanol–water partition coefficient (Wildman–Crippen LogP) is 11.1. The van der Waals surface area contributed by atoms with Crippen LogP contribution in [0.4, 0.5) is 11.4 Å². The molecule has 6 aromatic carbocycles. The third-order valence-corrected chi connectivity index (χ3v) is 11.7. The Labute approximate surface area is 275 Å². The molecule has 0 saturated carbocycles. The van der Waals surface area contributed by atoms with Crippen molar-refractivity contribution in [1.29, 1.82) is 0 Å². The summed E-state index contributed by atoms with van der Waals surface area (Å²) in [7, 11) is 0. The molecule has 0 spiro atoms. The second-order valence-corrected chi connectivity index (χ2v) is 13.9. The smallest absolute Gasteiger partial charge is 0.0713 e. The Morgan fingerprint density at radius 1 is 0.543 bits per heavy atom. The number of hydrogen-bond donors (Lipinski definition) is 0. The Morgan fingerprint density at radius 2 is 1.09 bits per heavy atom. The van der Waals surface area contributed by atoms with Crippen LogP contribution in [0.25, 0.3) is 11.1 Å². The first-order valence-corrected chi connectivity index (χ1v) is 16.9. The summed E-state index contributed by atoms with van der Waals surface area (Å²) in [6, 6.07) is 57.8. The molecule has 220 valence electrons. The maximum Gasteiger partial charge on any atom is 0.0713 e. The normalized spacial score (nSPS) is 19.8. The second-order valence-electron chi connectivity index (χ2n) is 12.7. The van der Waals surface area contributed by atoms with Crippen LogP contribution in [0.3, 0.4) is 0 Å². The standard InChI is InChI=1S/C44H33NS/c1-43-30-35(45(33-17-7-3-8-18-33)34-19-9-4-10-20-34)26-28-42(43)46-41-29-32(25-27-40(41)43)44(31-15-5-2-6-16-31)38-23-13-11-21-36(38)37-22-12-14-24-39(37)44/h2-30,42H,1H3. The van der Waals surface area contributed by atoms with Crippen LogP contribution in [-0.2, 0) is 10.8 Å². The molecule has 2 unspecified atom stereocenters. The Morgan fingerprint density at radius 3 is 1.70 bits per heavy atom. The van der Waals surface area contributed by atoms with Crippen molar-refractivity contribution < 1.29 is 0 Å². The molecule has 2 aliphatic carbocycles. The maximum atomic E-state index is 2.50. The van der Waals surface area contributed by atoms with Gasteiger partial charge >= 0.3 is 0 Å². The van der Waals surface area contributed by atoms with E-state index in [1.807, 2.05) is 11.8 Å². The second kappa shape index (κ2) is 10.5. The summed E-state index contributed by atoms with van der Waals surface area (Å²) < 4.78 is 0. The zero-order valence-electron chi connectivity index (χ0n) is 25.7. The van der Waals surface area contributed by atoms with Crippen LogP contribution < -0.4 is 4.90 Å². The number of rotatable bonds is 5. The minimum Gasteiger partial charge on any atom is -0.311 e. The quantitative estimate of drug-likeness (QED) is 0.191. The Hall–Kier alpha value is -5.05. The number of benzene rings is 6. The first kappa shape index (κ1) is 27.3. The van der Waals surface area contributed by atoms with E-state index >= 15 is 0 Å². The molecular weight excluding hydrogens is 575 g/mol. The van der Waals surface area contributed by atoms with Gasteiger partial charge in [-0.1, -0.05) is 140 Å². The van der Waals surface area contributed by atoms with Crippen molar-refractivity contribution >= 4 is 23.1 Å². The van der Waals surface area contributed by atoms with Gasteiger partial charge in [0.1, 0.15) is 0 Å². The zero-order valence-corrected chi connectivity index (χ0v) is 26.5. The van der Waals surface area contributed by atoms with Crippen molar-refractivity contribution in [3.05, 3.63) is 209 Å². The van der Waals surface area contributed by atoms with Gasteiger partial charge in [0.25, 0.3) is 0 Å². The number of hydrogen-bond acceptors (Lipinski definition) is 2. The summed E-state index contributed by atoms with van der Waals surface area (Å²) in [5.41, 5.74) is 12.4. The summed E-state index contributed by atoms with van der Waals surface area (Å²) in [6.07, 6.45) is 7.25. The van der Waals surface area contributed by atoms with Crippen molar-refractivity contribution in [3.8, 4) is 11.1 Å². The first-order chi connectivity index (χ1) is 22.7. The molecule has 2 heteroatoms. The Bertz CT molecular complexity index is 2060. The van der Waals surface area contributed by atoms with E-state index in [0.717, 1.165) is 11.4 Å². The van der Waals surface area contributed by atoms with Crippen molar-refractivity contribution in [3.63, 3.8) is 0 Å². The molecule has 0 aromatic heterocycles. The SMILES string of the molecule is CC12C=C(N(c3ccccc3)c3ccccc3)C=CC1Sc1cc(C3(c4ccccc4)c4ccccc4-c4ccccc43)ccc12. The number of anilines is 2. The van der Waals surface area contributed by atoms with Gasteiger partial charge in [0.2, 0.25) is 0 Å². The van der Waals surface area contributed by atoms with E-state index in [0.29, 0.717) is 5.25 Å². The summed E-state index contributed by atoms with van der Waals surface area (Å²) in [6.45, 7) is 2.42. The number of fused-ring (bicyclic) bond motifs is 6. The van der Waals surface area contributed by atoms with Crippen LogP contribution in [0.5, 0.6) is 0 Å². The summed E-state index contributed by atoms with van der Waals surface area (Å²) in [5, 5.41) is 0.325. The van der Waals surface area contributed by atoms with E-state index in [2.05, 4.69) is 188 Å². The zero-order chi connectivity index (χ0) is 30.7. The molecule has 1 nitrogen and oxygen atoms in total. The van der Waals surface area contributed by atoms with Crippen LogP contribution >= 0.6 is 11.8 Å². The fraction of sp³-hybridized carbons (Fsp3) is 0.0909. The molecule has 46 heavy (non-hydrogen) atoms. The fourth-order valence-electron chi connectivity index (χ4n) is 8.10. The molecular formula is C44H33NS. The Balaban J connectivity index is 1.21. The lowest BCUT2D eigenvalue weighted by Gasteiger charge is -2.36. The highest BCUT2D eigenvalue weighted by Gasteiger charge is 2.48. The topological polar surface area (TPSA) is 3.24 Å². The van der Waals surface area contributed by atoms with Gasteiger partial charge in [0.15, 0.2) is 0 Å². The molecule has 0 radical (unpaired) electrons. The average molecular weight is 608 g/mol. The highest BCUT2D eigenvalue weighted by atomic mass is 32.2. The first-order valence-electron chi connectivity index (χ1n) is 16.1. The Kier molecular flexibility index (Phi) is 6.23. The van der Waals surface area contributed by atoms with Gasteiger partial charge in [0, 0.05) is 32.6 Å². The minimum absolute atomic E-state index is 0.143. The summed E-state index contributed by atoms with van der Waals surface area (Å²) in [4.78, 5) is 3.75.